The third kappa shape index (κ3) is 3.46. The van der Waals surface area contributed by atoms with Crippen molar-refractivity contribution in [2.24, 2.45) is 0 Å². The number of hydrogen-bond acceptors (Lipinski definition) is 1. The molecule has 0 atom stereocenters. The minimum absolute atomic E-state index is 0.150. The van der Waals surface area contributed by atoms with E-state index in [-0.39, 0.29) is 11.6 Å². The molecular formula is C14H9BrClF3O. The zero-order valence-corrected chi connectivity index (χ0v) is 12.4. The van der Waals surface area contributed by atoms with Crippen molar-refractivity contribution in [1.29, 1.82) is 0 Å². The lowest BCUT2D eigenvalue weighted by molar-refractivity contribution is -0.138. The van der Waals surface area contributed by atoms with E-state index in [1.807, 2.05) is 0 Å². The van der Waals surface area contributed by atoms with Crippen LogP contribution in [0.5, 0.6) is 11.5 Å². The molecule has 0 aliphatic heterocycles. The fraction of sp³-hybridized carbons (Fsp3) is 0.143. The van der Waals surface area contributed by atoms with Crippen LogP contribution in [0.4, 0.5) is 13.2 Å². The summed E-state index contributed by atoms with van der Waals surface area (Å²) < 4.78 is 44.8. The van der Waals surface area contributed by atoms with Gasteiger partial charge < -0.3 is 4.74 Å². The number of para-hydroxylation sites is 1. The predicted octanol–water partition coefficient (Wildman–Crippen LogP) is 6.00. The molecule has 0 unspecified atom stereocenters. The molecule has 1 nitrogen and oxygen atoms in total. The Morgan fingerprint density at radius 2 is 1.75 bits per heavy atom. The van der Waals surface area contributed by atoms with E-state index in [1.54, 1.807) is 18.2 Å². The summed E-state index contributed by atoms with van der Waals surface area (Å²) in [5.74, 6) is 0.201. The molecule has 106 valence electrons. The van der Waals surface area contributed by atoms with Crippen LogP contribution in [0.3, 0.4) is 0 Å². The van der Waals surface area contributed by atoms with Gasteiger partial charge >= 0.3 is 6.18 Å². The van der Waals surface area contributed by atoms with Gasteiger partial charge in [-0.15, -0.1) is 11.6 Å². The number of halogens is 5. The van der Waals surface area contributed by atoms with Crippen LogP contribution in [0.15, 0.2) is 46.9 Å². The molecular weight excluding hydrogens is 357 g/mol. The van der Waals surface area contributed by atoms with Gasteiger partial charge in [-0.25, -0.2) is 0 Å². The second-order valence-corrected chi connectivity index (χ2v) is 5.16. The Labute approximate surface area is 127 Å². The Morgan fingerprint density at radius 1 is 1.05 bits per heavy atom. The molecule has 20 heavy (non-hydrogen) atoms. The van der Waals surface area contributed by atoms with Crippen LogP contribution >= 0.6 is 27.5 Å². The molecule has 0 saturated heterocycles. The quantitative estimate of drug-likeness (QED) is 0.606. The van der Waals surface area contributed by atoms with Crippen molar-refractivity contribution >= 4 is 27.5 Å². The number of hydrogen-bond donors (Lipinski definition) is 0. The highest BCUT2D eigenvalue weighted by Gasteiger charge is 2.34. The van der Waals surface area contributed by atoms with Crippen LogP contribution in [0.1, 0.15) is 11.1 Å². The van der Waals surface area contributed by atoms with Crippen LogP contribution < -0.4 is 4.74 Å². The van der Waals surface area contributed by atoms with E-state index in [0.717, 1.165) is 6.07 Å². The van der Waals surface area contributed by atoms with Crippen molar-refractivity contribution in [3.63, 3.8) is 0 Å². The highest BCUT2D eigenvalue weighted by atomic mass is 79.9. The van der Waals surface area contributed by atoms with E-state index in [0.29, 0.717) is 15.8 Å². The predicted molar refractivity (Wildman–Crippen MR) is 75.2 cm³/mol. The largest absolute Gasteiger partial charge is 0.456 e. The molecule has 0 fully saturated rings. The lowest BCUT2D eigenvalue weighted by Gasteiger charge is -2.15. The SMILES string of the molecule is FC(F)(F)c1ccccc1Oc1cc(Br)ccc1CCl. The Bertz CT molecular complexity index is 614. The van der Waals surface area contributed by atoms with Gasteiger partial charge in [0.15, 0.2) is 0 Å². The van der Waals surface area contributed by atoms with Gasteiger partial charge in [0.25, 0.3) is 0 Å². The normalized spacial score (nSPS) is 11.4. The van der Waals surface area contributed by atoms with Gasteiger partial charge in [0.05, 0.1) is 11.4 Å². The van der Waals surface area contributed by atoms with Gasteiger partial charge in [-0.05, 0) is 24.3 Å². The molecule has 0 bridgehead atoms. The Kier molecular flexibility index (Phi) is 4.60. The van der Waals surface area contributed by atoms with E-state index < -0.39 is 11.7 Å². The summed E-state index contributed by atoms with van der Waals surface area (Å²) in [6.07, 6.45) is -4.47. The molecule has 0 N–H and O–H groups in total. The summed E-state index contributed by atoms with van der Waals surface area (Å²) in [5.41, 5.74) is -0.202. The van der Waals surface area contributed by atoms with Crippen LogP contribution in [-0.4, -0.2) is 0 Å². The fourth-order valence-electron chi connectivity index (χ4n) is 1.64. The van der Waals surface area contributed by atoms with E-state index in [4.69, 9.17) is 16.3 Å². The molecule has 2 aromatic carbocycles. The van der Waals surface area contributed by atoms with E-state index in [9.17, 15) is 13.2 Å². The first-order valence-electron chi connectivity index (χ1n) is 5.60. The van der Waals surface area contributed by atoms with Crippen molar-refractivity contribution in [3.05, 3.63) is 58.1 Å². The summed E-state index contributed by atoms with van der Waals surface area (Å²) in [5, 5.41) is 0. The zero-order chi connectivity index (χ0) is 14.8. The summed E-state index contributed by atoms with van der Waals surface area (Å²) in [6.45, 7) is 0. The van der Waals surface area contributed by atoms with Crippen LogP contribution in [-0.2, 0) is 12.1 Å². The third-order valence-corrected chi connectivity index (χ3v) is 3.37. The first-order valence-corrected chi connectivity index (χ1v) is 6.93. The average Bonchev–Trinajstić information content (AvgIpc) is 2.38. The Hall–Kier alpha value is -1.20. The molecule has 0 aliphatic rings. The van der Waals surface area contributed by atoms with Gasteiger partial charge in [-0.1, -0.05) is 34.1 Å². The van der Waals surface area contributed by atoms with Gasteiger partial charge in [0, 0.05) is 10.0 Å². The molecule has 6 heteroatoms. The molecule has 2 rings (SSSR count). The molecule has 0 amide bonds. The maximum Gasteiger partial charge on any atom is 0.419 e. The van der Waals surface area contributed by atoms with Gasteiger partial charge in [0.1, 0.15) is 11.5 Å². The van der Waals surface area contributed by atoms with Gasteiger partial charge in [-0.3, -0.25) is 0 Å². The first-order chi connectivity index (χ1) is 9.41. The molecule has 0 saturated carbocycles. The average molecular weight is 366 g/mol. The highest BCUT2D eigenvalue weighted by molar-refractivity contribution is 9.10. The molecule has 0 aliphatic carbocycles. The topological polar surface area (TPSA) is 9.23 Å². The number of benzene rings is 2. The Morgan fingerprint density at radius 3 is 2.40 bits per heavy atom. The minimum Gasteiger partial charge on any atom is -0.456 e. The van der Waals surface area contributed by atoms with Crippen LogP contribution in [0.25, 0.3) is 0 Å². The smallest absolute Gasteiger partial charge is 0.419 e. The van der Waals surface area contributed by atoms with Crippen molar-refractivity contribution in [3.8, 4) is 11.5 Å². The lowest BCUT2D eigenvalue weighted by atomic mass is 10.2. The maximum absolute atomic E-state index is 12.9. The van der Waals surface area contributed by atoms with Crippen molar-refractivity contribution in [2.45, 2.75) is 12.1 Å². The summed E-state index contributed by atoms with van der Waals surface area (Å²) in [4.78, 5) is 0. The second kappa shape index (κ2) is 6.06. The third-order valence-electron chi connectivity index (χ3n) is 2.59. The summed E-state index contributed by atoms with van der Waals surface area (Å²) in [7, 11) is 0. The molecule has 0 heterocycles. The molecule has 2 aromatic rings. The van der Waals surface area contributed by atoms with Crippen molar-refractivity contribution in [2.75, 3.05) is 0 Å². The zero-order valence-electron chi connectivity index (χ0n) is 10.0. The first kappa shape index (κ1) is 15.2. The monoisotopic (exact) mass is 364 g/mol. The molecule has 0 spiro atoms. The van der Waals surface area contributed by atoms with Crippen molar-refractivity contribution in [1.82, 2.24) is 0 Å². The highest BCUT2D eigenvalue weighted by Crippen LogP contribution is 2.39. The number of ether oxygens (including phenoxy) is 1. The van der Waals surface area contributed by atoms with E-state index in [1.165, 1.54) is 18.2 Å². The number of alkyl halides is 4. The van der Waals surface area contributed by atoms with Crippen molar-refractivity contribution < 1.29 is 17.9 Å². The molecule has 0 aromatic heterocycles. The van der Waals surface area contributed by atoms with Crippen LogP contribution in [0.2, 0.25) is 0 Å². The van der Waals surface area contributed by atoms with Gasteiger partial charge in [0.2, 0.25) is 0 Å². The van der Waals surface area contributed by atoms with Crippen LogP contribution in [0, 0.1) is 0 Å². The standard InChI is InChI=1S/C14H9BrClF3O/c15-10-6-5-9(8-16)13(7-10)20-12-4-2-1-3-11(12)14(17,18)19/h1-7H,8H2. The van der Waals surface area contributed by atoms with Gasteiger partial charge in [-0.2, -0.15) is 13.2 Å². The maximum atomic E-state index is 12.9. The van der Waals surface area contributed by atoms with E-state index in [2.05, 4.69) is 15.9 Å². The molecule has 0 radical (unpaired) electrons. The Balaban J connectivity index is 2.43. The fourth-order valence-corrected chi connectivity index (χ4v) is 2.20. The lowest BCUT2D eigenvalue weighted by Crippen LogP contribution is -2.07. The second-order valence-electron chi connectivity index (χ2n) is 3.98. The summed E-state index contributed by atoms with van der Waals surface area (Å²) in [6, 6.07) is 10.1. The van der Waals surface area contributed by atoms with E-state index >= 15 is 0 Å². The minimum atomic E-state index is -4.47. The number of rotatable bonds is 3. The summed E-state index contributed by atoms with van der Waals surface area (Å²) >= 11 is 9.01.